The van der Waals surface area contributed by atoms with Crippen LogP contribution in [0.15, 0.2) is 37.1 Å². The predicted molar refractivity (Wildman–Crippen MR) is 40.1 cm³/mol. The molecule has 1 N–H and O–H groups in total. The lowest BCUT2D eigenvalue weighted by Crippen LogP contribution is -2.23. The van der Waals surface area contributed by atoms with Crippen molar-refractivity contribution in [3.63, 3.8) is 0 Å². The van der Waals surface area contributed by atoms with E-state index in [1.54, 1.807) is 11.0 Å². The zero-order valence-corrected chi connectivity index (χ0v) is 5.81. The zero-order valence-electron chi connectivity index (χ0n) is 5.81. The lowest BCUT2D eigenvalue weighted by molar-refractivity contribution is 0.663. The SMILES string of the molecule is C1=CN[C](n2cncn2)C=C1. The van der Waals surface area contributed by atoms with E-state index in [1.165, 1.54) is 6.33 Å². The monoisotopic (exact) mass is 147 g/mol. The number of aromatic nitrogens is 3. The third-order valence-corrected chi connectivity index (χ3v) is 1.36. The van der Waals surface area contributed by atoms with Crippen molar-refractivity contribution in [3.8, 4) is 0 Å². The molecule has 0 spiro atoms. The van der Waals surface area contributed by atoms with Crippen LogP contribution in [-0.2, 0) is 0 Å². The topological polar surface area (TPSA) is 42.7 Å². The summed E-state index contributed by atoms with van der Waals surface area (Å²) in [5.41, 5.74) is 0. The van der Waals surface area contributed by atoms with Crippen LogP contribution in [0.1, 0.15) is 0 Å². The lowest BCUT2D eigenvalue weighted by Gasteiger charge is -2.12. The summed E-state index contributed by atoms with van der Waals surface area (Å²) in [6, 6.07) is 0. The molecule has 0 saturated carbocycles. The highest BCUT2D eigenvalue weighted by molar-refractivity contribution is 5.20. The fourth-order valence-electron chi connectivity index (χ4n) is 0.859. The highest BCUT2D eigenvalue weighted by atomic mass is 15.4. The molecule has 1 aromatic heterocycles. The molecular formula is C7H7N4. The smallest absolute Gasteiger partial charge is 0.200 e. The average molecular weight is 147 g/mol. The number of allylic oxidation sites excluding steroid dienone is 2. The molecule has 0 fully saturated rings. The molecule has 1 radical (unpaired) electrons. The van der Waals surface area contributed by atoms with E-state index in [-0.39, 0.29) is 0 Å². The summed E-state index contributed by atoms with van der Waals surface area (Å²) in [7, 11) is 0. The minimum Gasteiger partial charge on any atom is -0.360 e. The van der Waals surface area contributed by atoms with Gasteiger partial charge in [0.1, 0.15) is 12.7 Å². The third kappa shape index (κ3) is 1.14. The standard InChI is InChI=1S/C7H7N4/c1-2-4-9-7(3-1)11-6-8-5-10-11/h1-6,9H. The molecule has 2 heterocycles. The molecule has 0 unspecified atom stereocenters. The number of rotatable bonds is 1. The molecule has 1 aromatic rings. The number of nitrogens with zero attached hydrogens (tertiary/aromatic N) is 3. The summed E-state index contributed by atoms with van der Waals surface area (Å²) in [5.74, 6) is 0. The first kappa shape index (κ1) is 6.15. The molecule has 0 saturated heterocycles. The molecule has 1 aliphatic heterocycles. The van der Waals surface area contributed by atoms with Crippen molar-refractivity contribution >= 4 is 0 Å². The maximum Gasteiger partial charge on any atom is 0.200 e. The summed E-state index contributed by atoms with van der Waals surface area (Å²) in [6.45, 7) is 0. The van der Waals surface area contributed by atoms with E-state index in [4.69, 9.17) is 0 Å². The van der Waals surface area contributed by atoms with E-state index in [9.17, 15) is 0 Å². The highest BCUT2D eigenvalue weighted by Gasteiger charge is 2.07. The van der Waals surface area contributed by atoms with E-state index in [2.05, 4.69) is 15.4 Å². The minimum atomic E-state index is 0.907. The Hall–Kier alpha value is -1.58. The van der Waals surface area contributed by atoms with Crippen LogP contribution in [0.5, 0.6) is 0 Å². The number of hydrogen-bond donors (Lipinski definition) is 1. The van der Waals surface area contributed by atoms with Crippen LogP contribution >= 0.6 is 0 Å². The fraction of sp³-hybridized carbons (Fsp3) is 0. The van der Waals surface area contributed by atoms with Gasteiger partial charge in [0, 0.05) is 0 Å². The van der Waals surface area contributed by atoms with Crippen LogP contribution in [0.4, 0.5) is 0 Å². The second kappa shape index (κ2) is 2.57. The summed E-state index contributed by atoms with van der Waals surface area (Å²) in [5, 5.41) is 6.99. The maximum atomic E-state index is 3.96. The summed E-state index contributed by atoms with van der Waals surface area (Å²) < 4.78 is 1.67. The summed E-state index contributed by atoms with van der Waals surface area (Å²) >= 11 is 0. The zero-order chi connectivity index (χ0) is 7.52. The summed E-state index contributed by atoms with van der Waals surface area (Å²) in [4.78, 5) is 3.83. The van der Waals surface area contributed by atoms with Gasteiger partial charge in [-0.1, -0.05) is 6.08 Å². The molecule has 11 heavy (non-hydrogen) atoms. The predicted octanol–water partition coefficient (Wildman–Crippen LogP) is 0.289. The Morgan fingerprint density at radius 2 is 2.36 bits per heavy atom. The first-order valence-electron chi connectivity index (χ1n) is 3.28. The van der Waals surface area contributed by atoms with E-state index < -0.39 is 0 Å². The maximum absolute atomic E-state index is 3.96. The molecule has 0 aromatic carbocycles. The Kier molecular flexibility index (Phi) is 1.44. The van der Waals surface area contributed by atoms with Crippen molar-refractivity contribution in [3.05, 3.63) is 43.2 Å². The van der Waals surface area contributed by atoms with Crippen LogP contribution in [0.25, 0.3) is 0 Å². The van der Waals surface area contributed by atoms with Gasteiger partial charge in [-0.05, 0) is 18.4 Å². The molecule has 4 heteroatoms. The van der Waals surface area contributed by atoms with E-state index >= 15 is 0 Å². The lowest BCUT2D eigenvalue weighted by atomic mass is 10.3. The summed E-state index contributed by atoms with van der Waals surface area (Å²) in [6.07, 6.45) is 11.7. The van der Waals surface area contributed by atoms with Crippen molar-refractivity contribution in [1.29, 1.82) is 0 Å². The van der Waals surface area contributed by atoms with Crippen LogP contribution in [0.3, 0.4) is 0 Å². The Morgan fingerprint density at radius 3 is 3.00 bits per heavy atom. The Bertz CT molecular complexity index is 273. The number of nitrogens with one attached hydrogen (secondary N) is 1. The largest absolute Gasteiger partial charge is 0.360 e. The first-order chi connectivity index (χ1) is 5.47. The van der Waals surface area contributed by atoms with Gasteiger partial charge in [-0.2, -0.15) is 5.10 Å². The number of hydrogen-bond acceptors (Lipinski definition) is 3. The molecule has 55 valence electrons. The Morgan fingerprint density at radius 1 is 1.36 bits per heavy atom. The molecule has 0 atom stereocenters. The first-order valence-corrected chi connectivity index (χ1v) is 3.28. The second-order valence-corrected chi connectivity index (χ2v) is 2.09. The van der Waals surface area contributed by atoms with Crippen molar-refractivity contribution in [1.82, 2.24) is 20.1 Å². The van der Waals surface area contributed by atoms with Gasteiger partial charge in [0.2, 0.25) is 0 Å². The van der Waals surface area contributed by atoms with Gasteiger partial charge in [-0.3, -0.25) is 0 Å². The van der Waals surface area contributed by atoms with Gasteiger partial charge >= 0.3 is 0 Å². The molecule has 0 bridgehead atoms. The van der Waals surface area contributed by atoms with Crippen molar-refractivity contribution in [2.24, 2.45) is 0 Å². The molecule has 0 aliphatic carbocycles. The van der Waals surface area contributed by atoms with Crippen molar-refractivity contribution < 1.29 is 0 Å². The van der Waals surface area contributed by atoms with Crippen molar-refractivity contribution in [2.45, 2.75) is 0 Å². The average Bonchev–Trinajstić information content (AvgIpc) is 2.58. The molecule has 4 nitrogen and oxygen atoms in total. The molecular weight excluding hydrogens is 140 g/mol. The van der Waals surface area contributed by atoms with Gasteiger partial charge in [0.25, 0.3) is 0 Å². The molecule has 0 amide bonds. The van der Waals surface area contributed by atoms with Crippen LogP contribution in [0.2, 0.25) is 0 Å². The van der Waals surface area contributed by atoms with Crippen molar-refractivity contribution in [2.75, 3.05) is 0 Å². The van der Waals surface area contributed by atoms with Gasteiger partial charge in [-0.15, -0.1) is 0 Å². The van der Waals surface area contributed by atoms with Gasteiger partial charge in [-0.25, -0.2) is 9.67 Å². The Labute approximate surface area is 64.2 Å². The molecule has 2 rings (SSSR count). The Balaban J connectivity index is 2.19. The van der Waals surface area contributed by atoms with Crippen LogP contribution < -0.4 is 5.32 Å². The normalized spacial score (nSPS) is 16.7. The minimum absolute atomic E-state index is 0.907. The quantitative estimate of drug-likeness (QED) is 0.620. The van der Waals surface area contributed by atoms with E-state index in [0.29, 0.717) is 0 Å². The van der Waals surface area contributed by atoms with E-state index in [0.717, 1.165) is 6.17 Å². The van der Waals surface area contributed by atoms with Gasteiger partial charge in [0.15, 0.2) is 6.17 Å². The van der Waals surface area contributed by atoms with E-state index in [1.807, 2.05) is 24.4 Å². The number of dihydropyridines is 1. The van der Waals surface area contributed by atoms with Gasteiger partial charge in [0.05, 0.1) is 0 Å². The van der Waals surface area contributed by atoms with Crippen LogP contribution in [0, 0.1) is 6.17 Å². The fourth-order valence-corrected chi connectivity index (χ4v) is 0.859. The highest BCUT2D eigenvalue weighted by Crippen LogP contribution is 2.03. The third-order valence-electron chi connectivity index (χ3n) is 1.36. The molecule has 1 aliphatic rings. The second-order valence-electron chi connectivity index (χ2n) is 2.09. The van der Waals surface area contributed by atoms with Gasteiger partial charge < -0.3 is 5.32 Å². The van der Waals surface area contributed by atoms with Crippen LogP contribution in [-0.4, -0.2) is 14.8 Å².